The molecule has 0 radical (unpaired) electrons. The number of methoxy groups -OCH3 is 1. The van der Waals surface area contributed by atoms with Crippen molar-refractivity contribution >= 4 is 16.5 Å². The number of ether oxygens (including phenoxy) is 1. The molecule has 1 aromatic heterocycles. The summed E-state index contributed by atoms with van der Waals surface area (Å²) in [6.45, 7) is 4.46. The number of thiazole rings is 1. The maximum absolute atomic E-state index is 5.69. The van der Waals surface area contributed by atoms with Crippen LogP contribution < -0.4 is 10.6 Å². The molecule has 5 heteroatoms. The molecule has 0 aliphatic rings. The number of anilines is 1. The van der Waals surface area contributed by atoms with Gasteiger partial charge in [0, 0.05) is 38.7 Å². The highest BCUT2D eigenvalue weighted by Crippen LogP contribution is 2.25. The van der Waals surface area contributed by atoms with Gasteiger partial charge in [0.15, 0.2) is 5.13 Å². The Morgan fingerprint density at radius 2 is 2.25 bits per heavy atom. The molecule has 1 heterocycles. The van der Waals surface area contributed by atoms with Gasteiger partial charge in [-0.3, -0.25) is 0 Å². The Hall–Kier alpha value is -0.650. The monoisotopic (exact) mass is 243 g/mol. The minimum atomic E-state index is 0.590. The van der Waals surface area contributed by atoms with Crippen molar-refractivity contribution in [2.45, 2.75) is 26.3 Å². The quantitative estimate of drug-likeness (QED) is 0.740. The number of rotatable bonds is 7. The van der Waals surface area contributed by atoms with Crippen LogP contribution in [0.15, 0.2) is 0 Å². The van der Waals surface area contributed by atoms with Crippen LogP contribution in [0.1, 0.15) is 23.9 Å². The first-order valence-electron chi connectivity index (χ1n) is 5.61. The molecule has 0 aliphatic heterocycles. The van der Waals surface area contributed by atoms with Crippen LogP contribution in [0.4, 0.5) is 5.13 Å². The van der Waals surface area contributed by atoms with Gasteiger partial charge in [-0.05, 0) is 12.8 Å². The van der Waals surface area contributed by atoms with E-state index in [9.17, 15) is 0 Å². The molecule has 0 fully saturated rings. The minimum absolute atomic E-state index is 0.590. The molecule has 0 atom stereocenters. The van der Waals surface area contributed by atoms with Crippen LogP contribution in [0.5, 0.6) is 0 Å². The molecule has 0 bridgehead atoms. The molecule has 0 unspecified atom stereocenters. The number of aryl methyl sites for hydroxylation is 1. The molecule has 92 valence electrons. The second-order valence-electron chi connectivity index (χ2n) is 3.69. The molecular formula is C11H21N3OS. The van der Waals surface area contributed by atoms with E-state index in [-0.39, 0.29) is 0 Å². The van der Waals surface area contributed by atoms with Gasteiger partial charge in [0.2, 0.25) is 0 Å². The van der Waals surface area contributed by atoms with E-state index >= 15 is 0 Å². The SMILES string of the molecule is CCc1nc(N(C)CCCOC)sc1CN. The topological polar surface area (TPSA) is 51.4 Å². The van der Waals surface area contributed by atoms with E-state index in [4.69, 9.17) is 10.5 Å². The lowest BCUT2D eigenvalue weighted by Gasteiger charge is -2.14. The summed E-state index contributed by atoms with van der Waals surface area (Å²) in [4.78, 5) is 7.98. The van der Waals surface area contributed by atoms with Gasteiger partial charge in [-0.2, -0.15) is 0 Å². The van der Waals surface area contributed by atoms with Crippen LogP contribution in [-0.4, -0.2) is 32.3 Å². The van der Waals surface area contributed by atoms with Crippen LogP contribution in [0.25, 0.3) is 0 Å². The molecule has 0 spiro atoms. The van der Waals surface area contributed by atoms with E-state index < -0.39 is 0 Å². The highest BCUT2D eigenvalue weighted by molar-refractivity contribution is 7.15. The van der Waals surface area contributed by atoms with Crippen LogP contribution in [0.2, 0.25) is 0 Å². The number of aromatic nitrogens is 1. The summed E-state index contributed by atoms with van der Waals surface area (Å²) in [5.41, 5.74) is 6.83. The van der Waals surface area contributed by atoms with Gasteiger partial charge in [-0.15, -0.1) is 11.3 Å². The van der Waals surface area contributed by atoms with E-state index in [1.807, 2.05) is 0 Å². The smallest absolute Gasteiger partial charge is 0.185 e. The van der Waals surface area contributed by atoms with E-state index in [2.05, 4.69) is 23.9 Å². The minimum Gasteiger partial charge on any atom is -0.385 e. The third kappa shape index (κ3) is 3.43. The summed E-state index contributed by atoms with van der Waals surface area (Å²) in [5.74, 6) is 0. The predicted octanol–water partition coefficient (Wildman–Crippen LogP) is 1.64. The van der Waals surface area contributed by atoms with Gasteiger partial charge in [0.25, 0.3) is 0 Å². The van der Waals surface area contributed by atoms with Gasteiger partial charge in [-0.25, -0.2) is 4.98 Å². The molecule has 4 nitrogen and oxygen atoms in total. The predicted molar refractivity (Wildman–Crippen MR) is 69.1 cm³/mol. The molecule has 0 saturated carbocycles. The summed E-state index contributed by atoms with van der Waals surface area (Å²) < 4.78 is 5.04. The summed E-state index contributed by atoms with van der Waals surface area (Å²) >= 11 is 1.70. The maximum Gasteiger partial charge on any atom is 0.185 e. The van der Waals surface area contributed by atoms with Crippen molar-refractivity contribution in [3.05, 3.63) is 10.6 Å². The Bertz CT molecular complexity index is 293. The van der Waals surface area contributed by atoms with E-state index in [1.165, 1.54) is 4.88 Å². The van der Waals surface area contributed by atoms with Crippen molar-refractivity contribution in [2.24, 2.45) is 5.73 Å². The number of hydrogen-bond acceptors (Lipinski definition) is 5. The normalized spacial score (nSPS) is 10.8. The Balaban J connectivity index is 2.60. The first-order chi connectivity index (χ1) is 7.72. The van der Waals surface area contributed by atoms with Crippen molar-refractivity contribution < 1.29 is 4.74 Å². The van der Waals surface area contributed by atoms with E-state index in [1.54, 1.807) is 18.4 Å². The van der Waals surface area contributed by atoms with Crippen molar-refractivity contribution in [1.29, 1.82) is 0 Å². The lowest BCUT2D eigenvalue weighted by Crippen LogP contribution is -2.19. The molecule has 0 aliphatic carbocycles. The molecule has 2 N–H and O–H groups in total. The Morgan fingerprint density at radius 3 is 2.75 bits per heavy atom. The van der Waals surface area contributed by atoms with Crippen molar-refractivity contribution in [3.8, 4) is 0 Å². The summed E-state index contributed by atoms with van der Waals surface area (Å²) in [6.07, 6.45) is 1.97. The molecule has 1 rings (SSSR count). The number of nitrogens with two attached hydrogens (primary N) is 1. The van der Waals surface area contributed by atoms with Gasteiger partial charge in [0.1, 0.15) is 0 Å². The first-order valence-corrected chi connectivity index (χ1v) is 6.43. The molecule has 1 aromatic rings. The molecule has 0 amide bonds. The number of hydrogen-bond donors (Lipinski definition) is 1. The van der Waals surface area contributed by atoms with E-state index in [0.29, 0.717) is 6.54 Å². The zero-order valence-electron chi connectivity index (χ0n) is 10.3. The Morgan fingerprint density at radius 1 is 1.50 bits per heavy atom. The summed E-state index contributed by atoms with van der Waals surface area (Å²) in [5, 5.41) is 1.06. The molecule has 0 saturated heterocycles. The lowest BCUT2D eigenvalue weighted by molar-refractivity contribution is 0.196. The highest BCUT2D eigenvalue weighted by atomic mass is 32.1. The van der Waals surface area contributed by atoms with Crippen LogP contribution in [0.3, 0.4) is 0 Å². The standard InChI is InChI=1S/C11H21N3OS/c1-4-9-10(8-12)16-11(13-9)14(2)6-5-7-15-3/h4-8,12H2,1-3H3. The van der Waals surface area contributed by atoms with Crippen LogP contribution >= 0.6 is 11.3 Å². The van der Waals surface area contributed by atoms with Crippen LogP contribution in [0, 0.1) is 0 Å². The fourth-order valence-electron chi connectivity index (χ4n) is 1.51. The first kappa shape index (κ1) is 13.4. The average Bonchev–Trinajstić information content (AvgIpc) is 2.72. The van der Waals surface area contributed by atoms with E-state index in [0.717, 1.165) is 36.8 Å². The number of nitrogens with zero attached hydrogens (tertiary/aromatic N) is 2. The molecule has 0 aromatic carbocycles. The van der Waals surface area contributed by atoms with Gasteiger partial charge in [0.05, 0.1) is 5.69 Å². The third-order valence-electron chi connectivity index (χ3n) is 2.46. The zero-order chi connectivity index (χ0) is 12.0. The summed E-state index contributed by atoms with van der Waals surface area (Å²) in [7, 11) is 3.79. The molecular weight excluding hydrogens is 222 g/mol. The molecule has 16 heavy (non-hydrogen) atoms. The van der Waals surface area contributed by atoms with Gasteiger partial charge < -0.3 is 15.4 Å². The fourth-order valence-corrected chi connectivity index (χ4v) is 2.52. The second-order valence-corrected chi connectivity index (χ2v) is 4.75. The maximum atomic E-state index is 5.69. The van der Waals surface area contributed by atoms with Gasteiger partial charge >= 0.3 is 0 Å². The van der Waals surface area contributed by atoms with Gasteiger partial charge in [-0.1, -0.05) is 6.92 Å². The lowest BCUT2D eigenvalue weighted by atomic mass is 10.3. The average molecular weight is 243 g/mol. The summed E-state index contributed by atoms with van der Waals surface area (Å²) in [6, 6.07) is 0. The fraction of sp³-hybridized carbons (Fsp3) is 0.727. The zero-order valence-corrected chi connectivity index (χ0v) is 11.1. The third-order valence-corrected chi connectivity index (χ3v) is 3.69. The second kappa shape index (κ2) is 6.83. The van der Waals surface area contributed by atoms with Crippen molar-refractivity contribution in [3.63, 3.8) is 0 Å². The van der Waals surface area contributed by atoms with Crippen molar-refractivity contribution in [1.82, 2.24) is 4.98 Å². The highest BCUT2D eigenvalue weighted by Gasteiger charge is 2.11. The van der Waals surface area contributed by atoms with Crippen molar-refractivity contribution in [2.75, 3.05) is 32.2 Å². The largest absolute Gasteiger partial charge is 0.385 e. The van der Waals surface area contributed by atoms with Crippen LogP contribution in [-0.2, 0) is 17.7 Å². The Labute approximate surface area is 101 Å². The Kier molecular flexibility index (Phi) is 5.73.